The Morgan fingerprint density at radius 2 is 1.68 bits per heavy atom. The molecule has 0 aromatic heterocycles. The van der Waals surface area contributed by atoms with Crippen molar-refractivity contribution in [2.45, 2.75) is 18.1 Å². The van der Waals surface area contributed by atoms with E-state index in [-0.39, 0.29) is 23.7 Å². The van der Waals surface area contributed by atoms with Crippen molar-refractivity contribution in [2.75, 3.05) is 0 Å². The Morgan fingerprint density at radius 3 is 2.24 bits per heavy atom. The van der Waals surface area contributed by atoms with Crippen molar-refractivity contribution in [1.82, 2.24) is 0 Å². The van der Waals surface area contributed by atoms with Crippen LogP contribution in [0.15, 0.2) is 53.4 Å². The fraction of sp³-hybridized carbons (Fsp3) is 0.133. The highest BCUT2D eigenvalue weighted by atomic mass is 32.2. The van der Waals surface area contributed by atoms with Crippen molar-refractivity contribution >= 4 is 16.0 Å². The first-order valence-corrected chi connectivity index (χ1v) is 8.45. The minimum atomic E-state index is -3.83. The van der Waals surface area contributed by atoms with E-state index in [1.54, 1.807) is 24.3 Å². The predicted molar refractivity (Wildman–Crippen MR) is 85.2 cm³/mol. The van der Waals surface area contributed by atoms with Crippen LogP contribution < -0.4 is 5.14 Å². The summed E-state index contributed by atoms with van der Waals surface area (Å²) >= 11 is 0. The maximum atomic E-state index is 12.0. The van der Waals surface area contributed by atoms with Crippen LogP contribution in [0.25, 0.3) is 0 Å². The summed E-state index contributed by atoms with van der Waals surface area (Å²) in [5, 5.41) is 14.3. The number of benzene rings is 2. The Labute approximate surface area is 143 Å². The average molecular weight is 366 g/mol. The molecule has 0 amide bonds. The van der Waals surface area contributed by atoms with Gasteiger partial charge >= 0.3 is 5.97 Å². The summed E-state index contributed by atoms with van der Waals surface area (Å²) in [6.45, 7) is -0.258. The Kier molecular flexibility index (Phi) is 5.67. The molecule has 0 saturated carbocycles. The molecule has 0 aliphatic heterocycles. The Balaban J connectivity index is 1.98. The van der Waals surface area contributed by atoms with E-state index in [2.05, 4.69) is 4.84 Å². The molecule has 2 N–H and O–H groups in total. The van der Waals surface area contributed by atoms with Gasteiger partial charge in [-0.25, -0.2) is 18.4 Å². The van der Waals surface area contributed by atoms with Crippen molar-refractivity contribution in [3.8, 4) is 0 Å². The highest BCUT2D eigenvalue weighted by Gasteiger charge is 2.11. The SMILES string of the molecule is NS(=O)(=O)c1ccc(C(=O)OCc2cccc(CO[N+](=O)[O-])c2)cc1. The van der Waals surface area contributed by atoms with Crippen LogP contribution in [0.5, 0.6) is 0 Å². The van der Waals surface area contributed by atoms with Gasteiger partial charge in [0.15, 0.2) is 0 Å². The van der Waals surface area contributed by atoms with E-state index < -0.39 is 21.1 Å². The lowest BCUT2D eigenvalue weighted by Gasteiger charge is -2.07. The van der Waals surface area contributed by atoms with E-state index in [4.69, 9.17) is 9.88 Å². The summed E-state index contributed by atoms with van der Waals surface area (Å²) in [6.07, 6.45) is 0. The fourth-order valence-electron chi connectivity index (χ4n) is 1.95. The quantitative estimate of drug-likeness (QED) is 0.444. The highest BCUT2D eigenvalue weighted by Crippen LogP contribution is 2.12. The molecule has 2 aromatic carbocycles. The number of nitrogens with zero attached hydrogens (tertiary/aromatic N) is 1. The zero-order chi connectivity index (χ0) is 18.4. The van der Waals surface area contributed by atoms with Gasteiger partial charge in [0.1, 0.15) is 13.2 Å². The smallest absolute Gasteiger partial charge is 0.338 e. The summed E-state index contributed by atoms with van der Waals surface area (Å²) in [6, 6.07) is 11.6. The number of carbonyl (C=O) groups is 1. The first kappa shape index (κ1) is 18.4. The topological polar surface area (TPSA) is 139 Å². The van der Waals surface area contributed by atoms with E-state index in [0.717, 1.165) is 0 Å². The normalized spacial score (nSPS) is 10.9. The first-order valence-electron chi connectivity index (χ1n) is 6.91. The van der Waals surface area contributed by atoms with Crippen LogP contribution in [0.1, 0.15) is 21.5 Å². The van der Waals surface area contributed by atoms with E-state index in [0.29, 0.717) is 11.1 Å². The minimum Gasteiger partial charge on any atom is -0.457 e. The molecule has 0 spiro atoms. The average Bonchev–Trinajstić information content (AvgIpc) is 2.57. The van der Waals surface area contributed by atoms with E-state index in [1.165, 1.54) is 24.3 Å². The summed E-state index contributed by atoms with van der Waals surface area (Å²) in [5.41, 5.74) is 1.35. The Bertz CT molecular complexity index is 879. The zero-order valence-corrected chi connectivity index (χ0v) is 13.6. The summed E-state index contributed by atoms with van der Waals surface area (Å²) < 4.78 is 27.4. The molecule has 0 aliphatic carbocycles. The van der Waals surface area contributed by atoms with Gasteiger partial charge in [0, 0.05) is 0 Å². The lowest BCUT2D eigenvalue weighted by atomic mass is 10.1. The fourth-order valence-corrected chi connectivity index (χ4v) is 2.46. The number of carbonyl (C=O) groups excluding carboxylic acids is 1. The second-order valence-electron chi connectivity index (χ2n) is 4.96. The Morgan fingerprint density at radius 1 is 1.08 bits per heavy atom. The molecule has 0 unspecified atom stereocenters. The molecular weight excluding hydrogens is 352 g/mol. The maximum absolute atomic E-state index is 12.0. The monoisotopic (exact) mass is 366 g/mol. The van der Waals surface area contributed by atoms with Crippen LogP contribution >= 0.6 is 0 Å². The number of primary sulfonamides is 1. The molecule has 9 nitrogen and oxygen atoms in total. The molecule has 2 rings (SSSR count). The van der Waals surface area contributed by atoms with Crippen LogP contribution in [-0.4, -0.2) is 19.5 Å². The van der Waals surface area contributed by atoms with Gasteiger partial charge in [-0.15, -0.1) is 10.1 Å². The van der Waals surface area contributed by atoms with Crippen molar-refractivity contribution in [3.05, 3.63) is 75.3 Å². The van der Waals surface area contributed by atoms with Gasteiger partial charge in [0.05, 0.1) is 10.5 Å². The number of rotatable bonds is 7. The molecule has 0 heterocycles. The molecule has 2 aromatic rings. The van der Waals surface area contributed by atoms with E-state index in [9.17, 15) is 23.3 Å². The largest absolute Gasteiger partial charge is 0.457 e. The van der Waals surface area contributed by atoms with Gasteiger partial charge in [0.2, 0.25) is 10.0 Å². The molecule has 0 saturated heterocycles. The van der Waals surface area contributed by atoms with E-state index in [1.807, 2.05) is 0 Å². The van der Waals surface area contributed by atoms with Gasteiger partial charge in [-0.05, 0) is 35.4 Å². The molecule has 0 bridgehead atoms. The lowest BCUT2D eigenvalue weighted by molar-refractivity contribution is -0.763. The maximum Gasteiger partial charge on any atom is 0.338 e. The third kappa shape index (κ3) is 5.55. The third-order valence-corrected chi connectivity index (χ3v) is 4.05. The first-order chi connectivity index (χ1) is 11.8. The standard InChI is InChI=1S/C15H14N2O7S/c16-25(21,22)14-6-4-13(5-7-14)15(18)23-9-11-2-1-3-12(8-11)10-24-17(19)20/h1-8H,9-10H2,(H2,16,21,22). The molecular formula is C15H14N2O7S. The number of nitrogens with two attached hydrogens (primary N) is 1. The van der Waals surface area contributed by atoms with Crippen molar-refractivity contribution in [3.63, 3.8) is 0 Å². The van der Waals surface area contributed by atoms with Gasteiger partial charge in [0.25, 0.3) is 5.09 Å². The zero-order valence-electron chi connectivity index (χ0n) is 12.8. The molecule has 0 radical (unpaired) electrons. The predicted octanol–water partition coefficient (Wildman–Crippen LogP) is 1.40. The molecule has 0 atom stereocenters. The highest BCUT2D eigenvalue weighted by molar-refractivity contribution is 7.89. The third-order valence-electron chi connectivity index (χ3n) is 3.12. The number of esters is 1. The van der Waals surface area contributed by atoms with Gasteiger partial charge in [-0.1, -0.05) is 24.3 Å². The molecule has 0 aliphatic rings. The molecule has 0 fully saturated rings. The number of ether oxygens (including phenoxy) is 1. The van der Waals surface area contributed by atoms with Crippen LogP contribution in [0.4, 0.5) is 0 Å². The van der Waals surface area contributed by atoms with Crippen LogP contribution in [0, 0.1) is 10.1 Å². The second-order valence-corrected chi connectivity index (χ2v) is 6.52. The molecule has 25 heavy (non-hydrogen) atoms. The number of hydrogen-bond acceptors (Lipinski definition) is 7. The van der Waals surface area contributed by atoms with Crippen LogP contribution in [-0.2, 0) is 32.8 Å². The second kappa shape index (κ2) is 7.73. The minimum absolute atomic E-state index is 0.0535. The van der Waals surface area contributed by atoms with E-state index >= 15 is 0 Å². The van der Waals surface area contributed by atoms with Crippen LogP contribution in [0.3, 0.4) is 0 Å². The van der Waals surface area contributed by atoms with Crippen molar-refractivity contribution in [1.29, 1.82) is 0 Å². The van der Waals surface area contributed by atoms with Gasteiger partial charge in [-0.2, -0.15) is 0 Å². The van der Waals surface area contributed by atoms with Crippen molar-refractivity contribution in [2.24, 2.45) is 5.14 Å². The lowest BCUT2D eigenvalue weighted by Crippen LogP contribution is -2.12. The summed E-state index contributed by atoms with van der Waals surface area (Å²) in [4.78, 5) is 26.3. The number of hydrogen-bond donors (Lipinski definition) is 1. The van der Waals surface area contributed by atoms with Crippen LogP contribution in [0.2, 0.25) is 0 Å². The van der Waals surface area contributed by atoms with Crippen molar-refractivity contribution < 1.29 is 27.9 Å². The molecule has 132 valence electrons. The summed E-state index contributed by atoms with van der Waals surface area (Å²) in [5.74, 6) is -0.645. The summed E-state index contributed by atoms with van der Waals surface area (Å²) in [7, 11) is -3.83. The van der Waals surface area contributed by atoms with Gasteiger partial charge in [-0.3, -0.25) is 0 Å². The van der Waals surface area contributed by atoms with Gasteiger partial charge < -0.3 is 9.57 Å². The number of sulfonamides is 1. The Hall–Kier alpha value is -2.98. The molecule has 10 heteroatoms.